The minimum absolute atomic E-state index is 0.169. The number of hydrogen-bond donors (Lipinski definition) is 4. The lowest BCUT2D eigenvalue weighted by molar-refractivity contribution is 0.460. The number of aromatic hydroxyl groups is 2. The van der Waals surface area contributed by atoms with Crippen molar-refractivity contribution in [3.8, 4) is 11.5 Å². The fraction of sp³-hybridized carbons (Fsp3) is 0. The molecule has 0 unspecified atom stereocenters. The zero-order valence-electron chi connectivity index (χ0n) is 5.51. The number of phenols is 2. The van der Waals surface area contributed by atoms with E-state index in [1.807, 2.05) is 0 Å². The van der Waals surface area contributed by atoms with Crippen LogP contribution in [-0.2, 0) is 0 Å². The first-order chi connectivity index (χ1) is 5.20. The standard InChI is InChI=1S/C6H6O2.H2O2S/c7-5-1-2-6(8)4-3-5;1-3-2/h1-4,7-8H;1-2H. The smallest absolute Gasteiger partial charge is 0.152 e. The maximum atomic E-state index is 8.65. The van der Waals surface area contributed by atoms with Gasteiger partial charge in [-0.05, 0) is 24.3 Å². The molecule has 0 spiro atoms. The maximum absolute atomic E-state index is 8.65. The van der Waals surface area contributed by atoms with Crippen LogP contribution in [0.25, 0.3) is 0 Å². The van der Waals surface area contributed by atoms with Gasteiger partial charge in [0.1, 0.15) is 11.5 Å². The molecule has 1 aromatic rings. The van der Waals surface area contributed by atoms with Gasteiger partial charge in [0.15, 0.2) is 12.3 Å². The SMILES string of the molecule is OSO.Oc1ccc(O)cc1. The van der Waals surface area contributed by atoms with Crippen LogP contribution in [-0.4, -0.2) is 19.3 Å². The summed E-state index contributed by atoms with van der Waals surface area (Å²) in [7, 11) is 0. The van der Waals surface area contributed by atoms with Crippen LogP contribution in [0.1, 0.15) is 0 Å². The van der Waals surface area contributed by atoms with Gasteiger partial charge in [0, 0.05) is 0 Å². The van der Waals surface area contributed by atoms with E-state index < -0.39 is 0 Å². The fourth-order valence-corrected chi connectivity index (χ4v) is 0.453. The van der Waals surface area contributed by atoms with E-state index in [2.05, 4.69) is 0 Å². The summed E-state index contributed by atoms with van der Waals surface area (Å²) in [5.41, 5.74) is 0. The Labute approximate surface area is 68.2 Å². The summed E-state index contributed by atoms with van der Waals surface area (Å²) in [6, 6.07) is 5.70. The molecule has 0 heterocycles. The van der Waals surface area contributed by atoms with Crippen LogP contribution in [0, 0.1) is 0 Å². The van der Waals surface area contributed by atoms with Gasteiger partial charge in [0.05, 0.1) is 0 Å². The Morgan fingerprint density at radius 2 is 1.00 bits per heavy atom. The second-order valence-corrected chi connectivity index (χ2v) is 1.76. The highest BCUT2D eigenvalue weighted by Crippen LogP contribution is 2.13. The van der Waals surface area contributed by atoms with E-state index in [9.17, 15) is 0 Å². The van der Waals surface area contributed by atoms with E-state index in [-0.39, 0.29) is 23.8 Å². The topological polar surface area (TPSA) is 80.9 Å². The quantitative estimate of drug-likeness (QED) is 0.358. The molecule has 0 fully saturated rings. The molecule has 1 aromatic carbocycles. The maximum Gasteiger partial charge on any atom is 0.152 e. The van der Waals surface area contributed by atoms with Crippen LogP contribution in [0.3, 0.4) is 0 Å². The van der Waals surface area contributed by atoms with E-state index in [4.69, 9.17) is 19.3 Å². The summed E-state index contributed by atoms with van der Waals surface area (Å²) in [5.74, 6) is 0.339. The lowest BCUT2D eigenvalue weighted by Crippen LogP contribution is -1.61. The van der Waals surface area contributed by atoms with Gasteiger partial charge in [-0.2, -0.15) is 0 Å². The van der Waals surface area contributed by atoms with Gasteiger partial charge in [-0.3, -0.25) is 0 Å². The molecule has 0 aliphatic rings. The van der Waals surface area contributed by atoms with Crippen molar-refractivity contribution in [1.29, 1.82) is 0 Å². The molecule has 0 saturated heterocycles. The van der Waals surface area contributed by atoms with Gasteiger partial charge in [0.2, 0.25) is 0 Å². The monoisotopic (exact) mass is 176 g/mol. The number of hydrogen-bond acceptors (Lipinski definition) is 5. The third-order valence-electron chi connectivity index (χ3n) is 0.850. The van der Waals surface area contributed by atoms with Crippen molar-refractivity contribution in [2.45, 2.75) is 0 Å². The van der Waals surface area contributed by atoms with E-state index in [1.165, 1.54) is 24.3 Å². The molecule has 0 aliphatic carbocycles. The van der Waals surface area contributed by atoms with Crippen LogP contribution < -0.4 is 0 Å². The predicted octanol–water partition coefficient (Wildman–Crippen LogP) is 1.76. The van der Waals surface area contributed by atoms with Crippen molar-refractivity contribution >= 4 is 12.3 Å². The van der Waals surface area contributed by atoms with E-state index >= 15 is 0 Å². The Balaban J connectivity index is 0.000000292. The third kappa shape index (κ3) is 5.53. The number of benzene rings is 1. The highest BCUT2D eigenvalue weighted by molar-refractivity contribution is 7.87. The number of rotatable bonds is 0. The van der Waals surface area contributed by atoms with Gasteiger partial charge in [-0.1, -0.05) is 0 Å². The van der Waals surface area contributed by atoms with Gasteiger partial charge >= 0.3 is 0 Å². The molecule has 0 saturated carbocycles. The van der Waals surface area contributed by atoms with Crippen LogP contribution in [0.4, 0.5) is 0 Å². The largest absolute Gasteiger partial charge is 0.508 e. The lowest BCUT2D eigenvalue weighted by atomic mass is 10.3. The zero-order chi connectivity index (χ0) is 8.69. The van der Waals surface area contributed by atoms with Crippen molar-refractivity contribution in [1.82, 2.24) is 0 Å². The molecule has 62 valence electrons. The van der Waals surface area contributed by atoms with Gasteiger partial charge < -0.3 is 19.3 Å². The van der Waals surface area contributed by atoms with Crippen molar-refractivity contribution < 1.29 is 19.3 Å². The summed E-state index contributed by atoms with van der Waals surface area (Å²) in [5, 5.41) is 17.3. The zero-order valence-corrected chi connectivity index (χ0v) is 6.32. The summed E-state index contributed by atoms with van der Waals surface area (Å²) in [6.45, 7) is 0. The highest BCUT2D eigenvalue weighted by Gasteiger charge is 1.84. The van der Waals surface area contributed by atoms with Crippen LogP contribution >= 0.6 is 12.3 Å². The first-order valence-electron chi connectivity index (χ1n) is 2.63. The molecule has 0 bridgehead atoms. The minimum atomic E-state index is -0.250. The second kappa shape index (κ2) is 5.84. The van der Waals surface area contributed by atoms with Crippen molar-refractivity contribution in [3.63, 3.8) is 0 Å². The van der Waals surface area contributed by atoms with Gasteiger partial charge in [-0.25, -0.2) is 0 Å². The first-order valence-corrected chi connectivity index (χ1v) is 3.36. The third-order valence-corrected chi connectivity index (χ3v) is 0.850. The van der Waals surface area contributed by atoms with Crippen LogP contribution in [0.2, 0.25) is 0 Å². The summed E-state index contributed by atoms with van der Waals surface area (Å²) >= 11 is -0.250. The Bertz CT molecular complexity index is 165. The lowest BCUT2D eigenvalue weighted by Gasteiger charge is -1.88. The molecule has 0 radical (unpaired) electrons. The Hall–Kier alpha value is -0.910. The molecule has 0 aliphatic heterocycles. The molecule has 4 N–H and O–H groups in total. The molecule has 4 nitrogen and oxygen atoms in total. The Kier molecular flexibility index (Phi) is 5.36. The van der Waals surface area contributed by atoms with Gasteiger partial charge in [-0.15, -0.1) is 0 Å². The van der Waals surface area contributed by atoms with Gasteiger partial charge in [0.25, 0.3) is 0 Å². The molecule has 1 rings (SSSR count). The Morgan fingerprint density at radius 1 is 0.818 bits per heavy atom. The number of phenolic OH excluding ortho intramolecular Hbond substituents is 2. The first kappa shape index (κ1) is 10.1. The van der Waals surface area contributed by atoms with E-state index in [0.29, 0.717) is 0 Å². The molecular formula is C6H8O4S. The average Bonchev–Trinajstić information content (AvgIpc) is 1.97. The molecule has 0 aromatic heterocycles. The van der Waals surface area contributed by atoms with Crippen molar-refractivity contribution in [2.24, 2.45) is 0 Å². The van der Waals surface area contributed by atoms with Crippen LogP contribution in [0.5, 0.6) is 11.5 Å². The van der Waals surface area contributed by atoms with E-state index in [1.54, 1.807) is 0 Å². The molecule has 5 heteroatoms. The summed E-state index contributed by atoms with van der Waals surface area (Å²) in [4.78, 5) is 0. The fourth-order valence-electron chi connectivity index (χ4n) is 0.453. The highest BCUT2D eigenvalue weighted by atomic mass is 32.2. The second-order valence-electron chi connectivity index (χ2n) is 1.60. The van der Waals surface area contributed by atoms with Crippen molar-refractivity contribution in [2.75, 3.05) is 0 Å². The molecule has 0 atom stereocenters. The predicted molar refractivity (Wildman–Crippen MR) is 42.6 cm³/mol. The average molecular weight is 176 g/mol. The summed E-state index contributed by atoms with van der Waals surface area (Å²) in [6.07, 6.45) is 0. The Morgan fingerprint density at radius 3 is 1.18 bits per heavy atom. The summed E-state index contributed by atoms with van der Waals surface area (Å²) < 4.78 is 14.1. The molecular weight excluding hydrogens is 168 g/mol. The normalized spacial score (nSPS) is 8.18. The minimum Gasteiger partial charge on any atom is -0.508 e. The molecule has 0 amide bonds. The molecule has 11 heavy (non-hydrogen) atoms. The van der Waals surface area contributed by atoms with Crippen LogP contribution in [0.15, 0.2) is 24.3 Å². The van der Waals surface area contributed by atoms with E-state index in [0.717, 1.165) is 0 Å². The van der Waals surface area contributed by atoms with Crippen molar-refractivity contribution in [3.05, 3.63) is 24.3 Å².